The lowest BCUT2D eigenvalue weighted by molar-refractivity contribution is -0.384. The van der Waals surface area contributed by atoms with Gasteiger partial charge in [0.15, 0.2) is 5.69 Å². The van der Waals surface area contributed by atoms with Gasteiger partial charge in [-0.05, 0) is 38.1 Å². The zero-order valence-electron chi connectivity index (χ0n) is 15.6. The molecule has 1 aliphatic heterocycles. The first kappa shape index (κ1) is 21.8. The van der Waals surface area contributed by atoms with Crippen LogP contribution in [0.1, 0.15) is 23.3 Å². The molecule has 1 saturated heterocycles. The summed E-state index contributed by atoms with van der Waals surface area (Å²) in [5.74, 6) is -0.270. The maximum absolute atomic E-state index is 12.5. The fourth-order valence-corrected chi connectivity index (χ4v) is 3.33. The van der Waals surface area contributed by atoms with Crippen LogP contribution in [0.2, 0.25) is 0 Å². The highest BCUT2D eigenvalue weighted by Gasteiger charge is 2.32. The molecule has 2 heterocycles. The van der Waals surface area contributed by atoms with E-state index in [-0.39, 0.29) is 35.1 Å². The minimum absolute atomic E-state index is 0. The summed E-state index contributed by atoms with van der Waals surface area (Å²) in [6, 6.07) is 7.70. The molecule has 10 heteroatoms. The predicted molar refractivity (Wildman–Crippen MR) is 106 cm³/mol. The number of non-ortho nitro benzene ring substituents is 1. The fourth-order valence-electron chi connectivity index (χ4n) is 3.33. The van der Waals surface area contributed by atoms with Crippen molar-refractivity contribution in [3.8, 4) is 5.69 Å². The summed E-state index contributed by atoms with van der Waals surface area (Å²) in [5, 5.41) is 21.4. The summed E-state index contributed by atoms with van der Waals surface area (Å²) in [6.45, 7) is 2.92. The Hall–Kier alpha value is -2.49. The molecule has 1 aromatic carbocycles. The Morgan fingerprint density at radius 3 is 2.82 bits per heavy atom. The lowest BCUT2D eigenvalue weighted by Gasteiger charge is -2.37. The van der Waals surface area contributed by atoms with Crippen LogP contribution in [0.3, 0.4) is 0 Å². The number of carbonyl (C=O) groups excluding carboxylic acids is 1. The van der Waals surface area contributed by atoms with E-state index in [9.17, 15) is 14.9 Å². The van der Waals surface area contributed by atoms with E-state index in [1.807, 2.05) is 0 Å². The first-order valence-corrected chi connectivity index (χ1v) is 8.81. The quantitative estimate of drug-likeness (QED) is 0.534. The Morgan fingerprint density at radius 1 is 1.39 bits per heavy atom. The second-order valence-corrected chi connectivity index (χ2v) is 6.79. The number of methoxy groups -OCH3 is 1. The molecule has 0 saturated carbocycles. The number of nitro benzene ring substituents is 1. The van der Waals surface area contributed by atoms with Crippen molar-refractivity contribution in [3.05, 3.63) is 52.3 Å². The van der Waals surface area contributed by atoms with Gasteiger partial charge in [-0.15, -0.1) is 12.4 Å². The monoisotopic (exact) mass is 409 g/mol. The highest BCUT2D eigenvalue weighted by molar-refractivity contribution is 5.92. The van der Waals surface area contributed by atoms with Crippen LogP contribution in [0.25, 0.3) is 5.69 Å². The zero-order valence-corrected chi connectivity index (χ0v) is 16.4. The maximum atomic E-state index is 12.5. The van der Waals surface area contributed by atoms with E-state index in [1.54, 1.807) is 31.5 Å². The smallest absolute Gasteiger partial charge is 0.271 e. The standard InChI is InChI=1S/C18H23N5O4.ClH/c1-27-13-18(6-8-19-9-7-18)12-20-17(24)16-5-10-22(21-16)14-3-2-4-15(11-14)23(25)26;/h2-5,10-11,19H,6-9,12-13H2,1H3,(H,20,24);1H. The number of nitrogens with one attached hydrogen (secondary N) is 2. The van der Waals surface area contributed by atoms with Crippen LogP contribution in [-0.2, 0) is 4.74 Å². The van der Waals surface area contributed by atoms with Crippen molar-refractivity contribution in [1.82, 2.24) is 20.4 Å². The van der Waals surface area contributed by atoms with E-state index in [4.69, 9.17) is 4.74 Å². The number of rotatable bonds is 7. The number of nitro groups is 1. The molecule has 2 aromatic rings. The summed E-state index contributed by atoms with van der Waals surface area (Å²) in [6.07, 6.45) is 3.48. The summed E-state index contributed by atoms with van der Waals surface area (Å²) < 4.78 is 6.82. The van der Waals surface area contributed by atoms with Gasteiger partial charge in [-0.25, -0.2) is 4.68 Å². The molecule has 2 N–H and O–H groups in total. The number of ether oxygens (including phenoxy) is 1. The molecule has 152 valence electrons. The SMILES string of the molecule is COCC1(CNC(=O)c2ccn(-c3cccc([N+](=O)[O-])c3)n2)CCNCC1.Cl. The van der Waals surface area contributed by atoms with Gasteiger partial charge in [-0.1, -0.05) is 6.07 Å². The molecule has 1 aromatic heterocycles. The second-order valence-electron chi connectivity index (χ2n) is 6.79. The van der Waals surface area contributed by atoms with Crippen molar-refractivity contribution in [2.24, 2.45) is 5.41 Å². The third-order valence-corrected chi connectivity index (χ3v) is 4.87. The predicted octanol–water partition coefficient (Wildman–Crippen LogP) is 1.95. The van der Waals surface area contributed by atoms with Gasteiger partial charge >= 0.3 is 0 Å². The molecule has 0 unspecified atom stereocenters. The molecule has 0 spiro atoms. The minimum atomic E-state index is -0.463. The third-order valence-electron chi connectivity index (χ3n) is 4.87. The van der Waals surface area contributed by atoms with Gasteiger partial charge in [-0.3, -0.25) is 14.9 Å². The molecular formula is C18H24ClN5O4. The van der Waals surface area contributed by atoms with Crippen LogP contribution in [0.4, 0.5) is 5.69 Å². The Kier molecular flexibility index (Phi) is 7.50. The summed E-state index contributed by atoms with van der Waals surface area (Å²) in [4.78, 5) is 23.0. The fraction of sp³-hybridized carbons (Fsp3) is 0.444. The summed E-state index contributed by atoms with van der Waals surface area (Å²) in [5.41, 5.74) is 0.694. The van der Waals surface area contributed by atoms with Gasteiger partial charge in [0.2, 0.25) is 0 Å². The van der Waals surface area contributed by atoms with Gasteiger partial charge < -0.3 is 15.4 Å². The first-order valence-electron chi connectivity index (χ1n) is 8.81. The molecular weight excluding hydrogens is 386 g/mol. The number of nitrogens with zero attached hydrogens (tertiary/aromatic N) is 3. The van der Waals surface area contributed by atoms with E-state index in [1.165, 1.54) is 16.8 Å². The number of hydrogen-bond donors (Lipinski definition) is 2. The van der Waals surface area contributed by atoms with Gasteiger partial charge in [-0.2, -0.15) is 5.10 Å². The topological polar surface area (TPSA) is 111 Å². The molecule has 0 radical (unpaired) electrons. The molecule has 1 amide bonds. The van der Waals surface area contributed by atoms with Crippen LogP contribution in [0, 0.1) is 15.5 Å². The average Bonchev–Trinajstić information content (AvgIpc) is 3.18. The molecule has 0 aliphatic carbocycles. The van der Waals surface area contributed by atoms with Crippen molar-refractivity contribution in [1.29, 1.82) is 0 Å². The summed E-state index contributed by atoms with van der Waals surface area (Å²) >= 11 is 0. The Labute approximate surface area is 169 Å². The normalized spacial score (nSPS) is 15.5. The molecule has 9 nitrogen and oxygen atoms in total. The van der Waals surface area contributed by atoms with Gasteiger partial charge in [0.25, 0.3) is 11.6 Å². The Bertz CT molecular complexity index is 814. The molecule has 1 fully saturated rings. The van der Waals surface area contributed by atoms with Crippen molar-refractivity contribution < 1.29 is 14.5 Å². The number of hydrogen-bond acceptors (Lipinski definition) is 6. The number of amides is 1. The van der Waals surface area contributed by atoms with E-state index < -0.39 is 4.92 Å². The highest BCUT2D eigenvalue weighted by Crippen LogP contribution is 2.28. The number of halogens is 1. The van der Waals surface area contributed by atoms with Crippen molar-refractivity contribution >= 4 is 24.0 Å². The lowest BCUT2D eigenvalue weighted by Crippen LogP contribution is -2.47. The van der Waals surface area contributed by atoms with Gasteiger partial charge in [0, 0.05) is 37.4 Å². The second kappa shape index (κ2) is 9.63. The van der Waals surface area contributed by atoms with Crippen molar-refractivity contribution in [2.75, 3.05) is 33.4 Å². The average molecular weight is 410 g/mol. The number of carbonyl (C=O) groups is 1. The molecule has 0 bridgehead atoms. The van der Waals surface area contributed by atoms with E-state index in [0.717, 1.165) is 25.9 Å². The number of aromatic nitrogens is 2. The van der Waals surface area contributed by atoms with E-state index in [0.29, 0.717) is 18.8 Å². The summed E-state index contributed by atoms with van der Waals surface area (Å²) in [7, 11) is 1.67. The zero-order chi connectivity index (χ0) is 19.3. The van der Waals surface area contributed by atoms with Gasteiger partial charge in [0.1, 0.15) is 0 Å². The third kappa shape index (κ3) is 5.06. The van der Waals surface area contributed by atoms with Crippen LogP contribution in [0.5, 0.6) is 0 Å². The van der Waals surface area contributed by atoms with Crippen LogP contribution < -0.4 is 10.6 Å². The largest absolute Gasteiger partial charge is 0.384 e. The van der Waals surface area contributed by atoms with Crippen LogP contribution >= 0.6 is 12.4 Å². The Morgan fingerprint density at radius 2 is 2.14 bits per heavy atom. The van der Waals surface area contributed by atoms with Crippen LogP contribution in [-0.4, -0.2) is 54.0 Å². The van der Waals surface area contributed by atoms with Gasteiger partial charge in [0.05, 0.1) is 17.2 Å². The highest BCUT2D eigenvalue weighted by atomic mass is 35.5. The van der Waals surface area contributed by atoms with E-state index >= 15 is 0 Å². The Balaban J connectivity index is 0.00000280. The maximum Gasteiger partial charge on any atom is 0.271 e. The van der Waals surface area contributed by atoms with Crippen LogP contribution in [0.15, 0.2) is 36.5 Å². The van der Waals surface area contributed by atoms with E-state index in [2.05, 4.69) is 15.7 Å². The number of benzene rings is 1. The minimum Gasteiger partial charge on any atom is -0.384 e. The van der Waals surface area contributed by atoms with Crippen molar-refractivity contribution in [2.45, 2.75) is 12.8 Å². The molecule has 0 atom stereocenters. The lowest BCUT2D eigenvalue weighted by atomic mass is 9.79. The number of piperidine rings is 1. The van der Waals surface area contributed by atoms with Crippen molar-refractivity contribution in [3.63, 3.8) is 0 Å². The molecule has 28 heavy (non-hydrogen) atoms. The molecule has 1 aliphatic rings. The first-order chi connectivity index (χ1) is 13.0. The molecule has 3 rings (SSSR count).